The van der Waals surface area contributed by atoms with E-state index in [2.05, 4.69) is 133 Å². The largest absolute Gasteiger partial charge is 0.457 e. The number of aromatic nitrogens is 4. The molecule has 1 spiro atoms. The second-order valence-corrected chi connectivity index (χ2v) is 14.9. The van der Waals surface area contributed by atoms with Crippen molar-refractivity contribution in [3.8, 4) is 68.0 Å². The molecule has 0 fully saturated rings. The van der Waals surface area contributed by atoms with E-state index in [0.29, 0.717) is 17.5 Å². The molecule has 0 N–H and O–H groups in total. The van der Waals surface area contributed by atoms with Gasteiger partial charge in [0.15, 0.2) is 17.5 Å². The molecule has 0 bridgehead atoms. The van der Waals surface area contributed by atoms with Gasteiger partial charge in [-0.2, -0.15) is 0 Å². The fraction of sp³-hybridized carbons (Fsp3) is 0.0189. The summed E-state index contributed by atoms with van der Waals surface area (Å²) in [7, 11) is 0. The minimum Gasteiger partial charge on any atom is -0.457 e. The molecule has 5 heteroatoms. The number of hydrogen-bond donors (Lipinski definition) is 0. The van der Waals surface area contributed by atoms with Crippen LogP contribution in [0.15, 0.2) is 194 Å². The SMILES string of the molecule is c1ccc(-c2nc(-c3ccccc3)nc(-c3cccc(-c4nc5ccccc5c5c6c(ccc45)C4(c5ccccc5Oc5ccccc54)c4ccccc4-6)c3)n2)cc1. The molecule has 270 valence electrons. The van der Waals surface area contributed by atoms with Gasteiger partial charge in [-0.25, -0.2) is 19.9 Å². The molecule has 58 heavy (non-hydrogen) atoms. The first-order valence-electron chi connectivity index (χ1n) is 19.6. The number of fused-ring (bicyclic) bond motifs is 13. The summed E-state index contributed by atoms with van der Waals surface area (Å²) in [5.74, 6) is 3.62. The van der Waals surface area contributed by atoms with Gasteiger partial charge in [-0.3, -0.25) is 0 Å². The molecule has 8 aromatic carbocycles. The maximum Gasteiger partial charge on any atom is 0.164 e. The lowest BCUT2D eigenvalue weighted by molar-refractivity contribution is 0.436. The minimum atomic E-state index is -0.568. The van der Waals surface area contributed by atoms with E-state index in [1.807, 2.05) is 60.7 Å². The van der Waals surface area contributed by atoms with Crippen LogP contribution in [0.3, 0.4) is 0 Å². The molecular formula is C53H32N4O. The van der Waals surface area contributed by atoms with Gasteiger partial charge in [-0.15, -0.1) is 0 Å². The molecule has 2 aromatic heterocycles. The van der Waals surface area contributed by atoms with Crippen molar-refractivity contribution in [1.82, 2.24) is 19.9 Å². The molecule has 1 aliphatic carbocycles. The zero-order valence-electron chi connectivity index (χ0n) is 31.2. The van der Waals surface area contributed by atoms with Gasteiger partial charge in [0.05, 0.1) is 16.6 Å². The Morgan fingerprint density at radius 1 is 0.362 bits per heavy atom. The van der Waals surface area contributed by atoms with Crippen molar-refractivity contribution >= 4 is 21.7 Å². The molecule has 10 aromatic rings. The van der Waals surface area contributed by atoms with E-state index in [1.54, 1.807) is 0 Å². The van der Waals surface area contributed by atoms with Crippen molar-refractivity contribution in [2.24, 2.45) is 0 Å². The van der Waals surface area contributed by atoms with Gasteiger partial charge in [0.25, 0.3) is 0 Å². The summed E-state index contributed by atoms with van der Waals surface area (Å²) in [6.07, 6.45) is 0. The number of pyridine rings is 1. The van der Waals surface area contributed by atoms with E-state index in [0.717, 1.165) is 66.9 Å². The highest BCUT2D eigenvalue weighted by molar-refractivity contribution is 6.19. The fourth-order valence-corrected chi connectivity index (χ4v) is 9.35. The summed E-state index contributed by atoms with van der Waals surface area (Å²) in [5, 5.41) is 3.39. The van der Waals surface area contributed by atoms with Crippen LogP contribution in [0.5, 0.6) is 11.5 Å². The number of benzene rings is 8. The fourth-order valence-electron chi connectivity index (χ4n) is 9.35. The highest BCUT2D eigenvalue weighted by atomic mass is 16.5. The summed E-state index contributed by atoms with van der Waals surface area (Å²) in [5.41, 5.74) is 12.3. The lowest BCUT2D eigenvalue weighted by Gasteiger charge is -2.39. The van der Waals surface area contributed by atoms with Crippen LogP contribution in [-0.4, -0.2) is 19.9 Å². The zero-order chi connectivity index (χ0) is 38.2. The Morgan fingerprint density at radius 3 is 1.59 bits per heavy atom. The van der Waals surface area contributed by atoms with E-state index in [4.69, 9.17) is 24.7 Å². The Morgan fingerprint density at radius 2 is 0.897 bits per heavy atom. The van der Waals surface area contributed by atoms with Gasteiger partial charge in [-0.1, -0.05) is 170 Å². The van der Waals surface area contributed by atoms with Gasteiger partial charge in [0.1, 0.15) is 11.5 Å². The number of para-hydroxylation sites is 3. The van der Waals surface area contributed by atoms with Crippen LogP contribution in [0.1, 0.15) is 22.3 Å². The van der Waals surface area contributed by atoms with Crippen molar-refractivity contribution in [2.45, 2.75) is 5.41 Å². The molecule has 2 aliphatic rings. The van der Waals surface area contributed by atoms with Crippen molar-refractivity contribution in [3.63, 3.8) is 0 Å². The van der Waals surface area contributed by atoms with Crippen molar-refractivity contribution < 1.29 is 4.74 Å². The van der Waals surface area contributed by atoms with E-state index in [9.17, 15) is 0 Å². The Bertz CT molecular complexity index is 3170. The predicted molar refractivity (Wildman–Crippen MR) is 232 cm³/mol. The van der Waals surface area contributed by atoms with Crippen LogP contribution in [-0.2, 0) is 5.41 Å². The molecule has 0 saturated carbocycles. The van der Waals surface area contributed by atoms with Crippen LogP contribution in [0, 0.1) is 0 Å². The number of ether oxygens (including phenoxy) is 1. The second-order valence-electron chi connectivity index (χ2n) is 14.9. The number of rotatable bonds is 4. The average Bonchev–Trinajstić information content (AvgIpc) is 3.60. The van der Waals surface area contributed by atoms with Gasteiger partial charge in [-0.05, 0) is 46.5 Å². The first kappa shape index (κ1) is 32.5. The third-order valence-electron chi connectivity index (χ3n) is 11.8. The van der Waals surface area contributed by atoms with E-state index in [-0.39, 0.29) is 0 Å². The molecule has 12 rings (SSSR count). The van der Waals surface area contributed by atoms with E-state index in [1.165, 1.54) is 27.6 Å². The Hall–Kier alpha value is -7.76. The standard InChI is InChI=1S/C53H32N4O/c1-3-16-33(17-4-1)50-55-51(34-18-5-2-6-19-34)57-52(56-50)36-21-15-20-35(32-36)49-39-30-31-43-48(47(39)38-23-8-12-27-44(38)54-49)37-22-7-9-24-40(37)53(43)41-25-10-13-28-45(41)58-46-29-14-11-26-42(46)53/h1-32H. The summed E-state index contributed by atoms with van der Waals surface area (Å²) in [6.45, 7) is 0. The quantitative estimate of drug-likeness (QED) is 0.168. The summed E-state index contributed by atoms with van der Waals surface area (Å²) in [4.78, 5) is 20.5. The van der Waals surface area contributed by atoms with Crippen LogP contribution in [0.25, 0.3) is 78.2 Å². The molecule has 0 amide bonds. The second kappa shape index (κ2) is 12.6. The van der Waals surface area contributed by atoms with Crippen LogP contribution >= 0.6 is 0 Å². The lowest BCUT2D eigenvalue weighted by Crippen LogP contribution is -2.32. The molecule has 1 aliphatic heterocycles. The monoisotopic (exact) mass is 740 g/mol. The highest BCUT2D eigenvalue weighted by Crippen LogP contribution is 2.63. The third-order valence-corrected chi connectivity index (χ3v) is 11.8. The number of hydrogen-bond acceptors (Lipinski definition) is 5. The highest BCUT2D eigenvalue weighted by Gasteiger charge is 2.51. The topological polar surface area (TPSA) is 60.8 Å². The molecule has 0 saturated heterocycles. The van der Waals surface area contributed by atoms with Gasteiger partial charge in [0, 0.05) is 49.5 Å². The normalized spacial score (nSPS) is 13.1. The molecule has 0 radical (unpaired) electrons. The minimum absolute atomic E-state index is 0.568. The van der Waals surface area contributed by atoms with Crippen molar-refractivity contribution in [2.75, 3.05) is 0 Å². The zero-order valence-corrected chi connectivity index (χ0v) is 31.2. The van der Waals surface area contributed by atoms with Crippen molar-refractivity contribution in [1.29, 1.82) is 0 Å². The van der Waals surface area contributed by atoms with Crippen LogP contribution in [0.4, 0.5) is 0 Å². The van der Waals surface area contributed by atoms with Gasteiger partial charge >= 0.3 is 0 Å². The Labute approximate surface area is 335 Å². The lowest BCUT2D eigenvalue weighted by atomic mass is 9.66. The third kappa shape index (κ3) is 4.71. The predicted octanol–water partition coefficient (Wildman–Crippen LogP) is 12.7. The molecule has 0 unspecified atom stereocenters. The Kier molecular flexibility index (Phi) is 7.07. The molecule has 3 heterocycles. The van der Waals surface area contributed by atoms with Gasteiger partial charge < -0.3 is 4.74 Å². The van der Waals surface area contributed by atoms with Gasteiger partial charge in [0.2, 0.25) is 0 Å². The molecular weight excluding hydrogens is 709 g/mol. The van der Waals surface area contributed by atoms with Crippen LogP contribution in [0.2, 0.25) is 0 Å². The summed E-state index contributed by atoms with van der Waals surface area (Å²) >= 11 is 0. The Balaban J connectivity index is 1.12. The van der Waals surface area contributed by atoms with E-state index >= 15 is 0 Å². The first-order valence-corrected chi connectivity index (χ1v) is 19.6. The van der Waals surface area contributed by atoms with Crippen LogP contribution < -0.4 is 4.74 Å². The maximum atomic E-state index is 6.62. The molecule has 5 nitrogen and oxygen atoms in total. The van der Waals surface area contributed by atoms with E-state index < -0.39 is 5.41 Å². The first-order chi connectivity index (χ1) is 28.8. The number of nitrogens with zero attached hydrogens (tertiary/aromatic N) is 4. The smallest absolute Gasteiger partial charge is 0.164 e. The summed E-state index contributed by atoms with van der Waals surface area (Å²) < 4.78 is 6.62. The maximum absolute atomic E-state index is 6.62. The average molecular weight is 741 g/mol. The summed E-state index contributed by atoms with van der Waals surface area (Å²) in [6, 6.07) is 67.7. The van der Waals surface area contributed by atoms with Crippen molar-refractivity contribution in [3.05, 3.63) is 216 Å². The molecule has 0 atom stereocenters.